The first-order valence-corrected chi connectivity index (χ1v) is 13.7. The van der Waals surface area contributed by atoms with Crippen LogP contribution in [0.25, 0.3) is 0 Å². The predicted molar refractivity (Wildman–Crippen MR) is 154 cm³/mol. The second kappa shape index (κ2) is 13.7. The zero-order chi connectivity index (χ0) is 27.6. The molecule has 3 aromatic rings. The molecule has 4 rings (SSSR count). The molecule has 0 bridgehead atoms. The summed E-state index contributed by atoms with van der Waals surface area (Å²) in [6.07, 6.45) is 1.12. The van der Waals surface area contributed by atoms with Crippen molar-refractivity contribution in [2.75, 3.05) is 68.0 Å². The van der Waals surface area contributed by atoms with Crippen molar-refractivity contribution in [3.63, 3.8) is 0 Å². The SMILES string of the molecule is CCC(Cc1ccc(OCCN(C)c2nc(Nc3ccccc3)nc(N3CCN(CC)CC3)n2)cc1)C(=O)O. The van der Waals surface area contributed by atoms with E-state index in [0.717, 1.165) is 49.7 Å². The van der Waals surface area contributed by atoms with Crippen LogP contribution in [0.5, 0.6) is 5.75 Å². The summed E-state index contributed by atoms with van der Waals surface area (Å²) >= 11 is 0. The van der Waals surface area contributed by atoms with Gasteiger partial charge in [0.15, 0.2) is 0 Å². The zero-order valence-corrected chi connectivity index (χ0v) is 23.1. The van der Waals surface area contributed by atoms with E-state index in [-0.39, 0.29) is 5.92 Å². The topological polar surface area (TPSA) is 107 Å². The van der Waals surface area contributed by atoms with Crippen molar-refractivity contribution in [3.05, 3.63) is 60.2 Å². The number of likely N-dealkylation sites (N-methyl/N-ethyl adjacent to an activating group) is 2. The third kappa shape index (κ3) is 8.03. The van der Waals surface area contributed by atoms with E-state index >= 15 is 0 Å². The van der Waals surface area contributed by atoms with Crippen molar-refractivity contribution in [1.29, 1.82) is 0 Å². The molecule has 39 heavy (non-hydrogen) atoms. The van der Waals surface area contributed by atoms with Crippen LogP contribution in [0.2, 0.25) is 0 Å². The minimum atomic E-state index is -0.757. The Morgan fingerprint density at radius 3 is 2.38 bits per heavy atom. The van der Waals surface area contributed by atoms with Gasteiger partial charge in [-0.1, -0.05) is 44.2 Å². The van der Waals surface area contributed by atoms with Gasteiger partial charge in [0, 0.05) is 38.9 Å². The third-order valence-corrected chi connectivity index (χ3v) is 7.03. The maximum atomic E-state index is 11.3. The molecule has 0 radical (unpaired) electrons. The first kappa shape index (κ1) is 28.1. The lowest BCUT2D eigenvalue weighted by Gasteiger charge is -2.34. The van der Waals surface area contributed by atoms with Gasteiger partial charge in [-0.15, -0.1) is 0 Å². The fourth-order valence-corrected chi connectivity index (χ4v) is 4.45. The molecule has 1 fully saturated rings. The number of anilines is 4. The number of carbonyl (C=O) groups is 1. The van der Waals surface area contributed by atoms with E-state index < -0.39 is 5.97 Å². The van der Waals surface area contributed by atoms with Crippen LogP contribution in [0.4, 0.5) is 23.5 Å². The van der Waals surface area contributed by atoms with Crippen molar-refractivity contribution in [3.8, 4) is 5.75 Å². The minimum Gasteiger partial charge on any atom is -0.492 e. The summed E-state index contributed by atoms with van der Waals surface area (Å²) in [6, 6.07) is 17.5. The number of ether oxygens (including phenoxy) is 1. The van der Waals surface area contributed by atoms with Crippen molar-refractivity contribution >= 4 is 29.5 Å². The summed E-state index contributed by atoms with van der Waals surface area (Å²) in [7, 11) is 1.95. The van der Waals surface area contributed by atoms with Crippen molar-refractivity contribution in [2.45, 2.75) is 26.7 Å². The van der Waals surface area contributed by atoms with Crippen molar-refractivity contribution in [2.24, 2.45) is 5.92 Å². The molecule has 10 heteroatoms. The molecule has 0 spiro atoms. The van der Waals surface area contributed by atoms with E-state index in [0.29, 0.717) is 43.8 Å². The molecule has 1 aliphatic heterocycles. The Balaban J connectivity index is 1.40. The highest BCUT2D eigenvalue weighted by molar-refractivity contribution is 5.70. The van der Waals surface area contributed by atoms with Crippen LogP contribution in [0.1, 0.15) is 25.8 Å². The molecule has 2 N–H and O–H groups in total. The normalized spacial score (nSPS) is 14.6. The lowest BCUT2D eigenvalue weighted by Crippen LogP contribution is -2.47. The van der Waals surface area contributed by atoms with Crippen LogP contribution in [-0.4, -0.2) is 83.9 Å². The Bertz CT molecular complexity index is 1190. The van der Waals surface area contributed by atoms with E-state index in [9.17, 15) is 9.90 Å². The largest absolute Gasteiger partial charge is 0.492 e. The van der Waals surface area contributed by atoms with E-state index in [2.05, 4.69) is 22.0 Å². The molecular formula is C29H39N7O3. The molecule has 0 aliphatic carbocycles. The summed E-state index contributed by atoms with van der Waals surface area (Å²) in [5.74, 6) is 1.38. The van der Waals surface area contributed by atoms with Crippen molar-refractivity contribution in [1.82, 2.24) is 19.9 Å². The minimum absolute atomic E-state index is 0.368. The number of piperazine rings is 1. The molecule has 0 amide bonds. The Hall–Kier alpha value is -3.92. The number of aliphatic carboxylic acids is 1. The summed E-state index contributed by atoms with van der Waals surface area (Å²) in [6.45, 7) is 9.86. The van der Waals surface area contributed by atoms with Crippen LogP contribution < -0.4 is 19.9 Å². The number of hydrogen-bond acceptors (Lipinski definition) is 9. The first-order valence-electron chi connectivity index (χ1n) is 13.7. The van der Waals surface area contributed by atoms with Gasteiger partial charge in [-0.05, 0) is 49.2 Å². The van der Waals surface area contributed by atoms with Gasteiger partial charge in [0.2, 0.25) is 17.8 Å². The van der Waals surface area contributed by atoms with Gasteiger partial charge >= 0.3 is 5.97 Å². The van der Waals surface area contributed by atoms with Crippen molar-refractivity contribution < 1.29 is 14.6 Å². The van der Waals surface area contributed by atoms with E-state index in [1.807, 2.05) is 73.5 Å². The van der Waals surface area contributed by atoms with Crippen LogP contribution in [0, 0.1) is 5.92 Å². The molecule has 1 aromatic heterocycles. The Kier molecular flexibility index (Phi) is 9.91. The number of rotatable bonds is 13. The van der Waals surface area contributed by atoms with Gasteiger partial charge in [-0.25, -0.2) is 0 Å². The maximum Gasteiger partial charge on any atom is 0.306 e. The fraction of sp³-hybridized carbons (Fsp3) is 0.448. The lowest BCUT2D eigenvalue weighted by atomic mass is 9.97. The lowest BCUT2D eigenvalue weighted by molar-refractivity contribution is -0.141. The van der Waals surface area contributed by atoms with Gasteiger partial charge in [0.1, 0.15) is 12.4 Å². The number of carboxylic acids is 1. The van der Waals surface area contributed by atoms with Gasteiger partial charge in [0.05, 0.1) is 12.5 Å². The molecule has 2 heterocycles. The standard InChI is InChI=1S/C29H39N7O3/c1-4-23(26(37)38)21-22-11-13-25(14-12-22)39-20-19-34(3)28-31-27(30-24-9-7-6-8-10-24)32-29(33-28)36-17-15-35(5-2)16-18-36/h6-14,23H,4-5,15-21H2,1-3H3,(H,37,38)(H,30,31,32,33). The number of hydrogen-bond donors (Lipinski definition) is 2. The predicted octanol–water partition coefficient (Wildman–Crippen LogP) is 3.93. The zero-order valence-electron chi connectivity index (χ0n) is 23.1. The molecular weight excluding hydrogens is 494 g/mol. The van der Waals surface area contributed by atoms with Gasteiger partial charge in [0.25, 0.3) is 0 Å². The van der Waals surface area contributed by atoms with Crippen LogP contribution in [0.15, 0.2) is 54.6 Å². The average Bonchev–Trinajstić information content (AvgIpc) is 2.97. The maximum absolute atomic E-state index is 11.3. The molecule has 0 saturated carbocycles. The summed E-state index contributed by atoms with van der Waals surface area (Å²) in [4.78, 5) is 32.2. The second-order valence-electron chi connectivity index (χ2n) is 9.73. The Labute approximate surface area is 230 Å². The van der Waals surface area contributed by atoms with E-state index in [1.54, 1.807) is 0 Å². The highest BCUT2D eigenvalue weighted by Gasteiger charge is 2.21. The highest BCUT2D eigenvalue weighted by atomic mass is 16.5. The highest BCUT2D eigenvalue weighted by Crippen LogP contribution is 2.21. The fourth-order valence-electron chi connectivity index (χ4n) is 4.45. The monoisotopic (exact) mass is 533 g/mol. The third-order valence-electron chi connectivity index (χ3n) is 7.03. The first-order chi connectivity index (χ1) is 18.9. The molecule has 1 saturated heterocycles. The number of nitrogens with zero attached hydrogens (tertiary/aromatic N) is 6. The molecule has 2 aromatic carbocycles. The van der Waals surface area contributed by atoms with Gasteiger partial charge in [-0.3, -0.25) is 4.79 Å². The summed E-state index contributed by atoms with van der Waals surface area (Å²) in [5, 5.41) is 12.6. The van der Waals surface area contributed by atoms with Gasteiger partial charge < -0.3 is 29.9 Å². The molecule has 10 nitrogen and oxygen atoms in total. The van der Waals surface area contributed by atoms with Gasteiger partial charge in [-0.2, -0.15) is 15.0 Å². The number of benzene rings is 2. The second-order valence-corrected chi connectivity index (χ2v) is 9.73. The number of aromatic nitrogens is 3. The number of carboxylic acid groups (broad SMARTS) is 1. The average molecular weight is 534 g/mol. The Morgan fingerprint density at radius 1 is 1.03 bits per heavy atom. The van der Waals surface area contributed by atoms with Crippen LogP contribution in [-0.2, 0) is 11.2 Å². The molecule has 1 atom stereocenters. The molecule has 1 aliphatic rings. The molecule has 208 valence electrons. The van der Waals surface area contributed by atoms with Crippen LogP contribution >= 0.6 is 0 Å². The number of nitrogens with one attached hydrogen (secondary N) is 1. The number of para-hydroxylation sites is 1. The summed E-state index contributed by atoms with van der Waals surface area (Å²) in [5.41, 5.74) is 1.91. The smallest absolute Gasteiger partial charge is 0.306 e. The van der Waals surface area contributed by atoms with Crippen LogP contribution in [0.3, 0.4) is 0 Å². The summed E-state index contributed by atoms with van der Waals surface area (Å²) < 4.78 is 5.97. The molecule has 1 unspecified atom stereocenters. The van der Waals surface area contributed by atoms with E-state index in [1.165, 1.54) is 0 Å². The Morgan fingerprint density at radius 2 is 1.74 bits per heavy atom. The quantitative estimate of drug-likeness (QED) is 0.336. The van der Waals surface area contributed by atoms with E-state index in [4.69, 9.17) is 19.7 Å².